The van der Waals surface area contributed by atoms with E-state index in [4.69, 9.17) is 5.73 Å². The van der Waals surface area contributed by atoms with Crippen molar-refractivity contribution in [2.75, 3.05) is 5.73 Å². The number of hydrogen-bond donors (Lipinski definition) is 1. The first-order chi connectivity index (χ1) is 5.61. The van der Waals surface area contributed by atoms with Gasteiger partial charge in [-0.05, 0) is 25.3 Å². The first-order valence-electron chi connectivity index (χ1n) is 4.40. The van der Waals surface area contributed by atoms with Gasteiger partial charge in [0.25, 0.3) is 0 Å². The van der Waals surface area contributed by atoms with Crippen LogP contribution in [0.2, 0.25) is 0 Å². The topological polar surface area (TPSA) is 43.8 Å². The van der Waals surface area contributed by atoms with E-state index in [9.17, 15) is 0 Å². The van der Waals surface area contributed by atoms with Gasteiger partial charge >= 0.3 is 0 Å². The van der Waals surface area contributed by atoms with Crippen molar-refractivity contribution in [1.82, 2.24) is 9.78 Å². The summed E-state index contributed by atoms with van der Waals surface area (Å²) in [6.07, 6.45) is 2.86. The molecule has 0 radical (unpaired) electrons. The molecule has 1 aromatic heterocycles. The minimum absolute atomic E-state index is 0.403. The van der Waals surface area contributed by atoms with Gasteiger partial charge in [-0.2, -0.15) is 5.10 Å². The van der Waals surface area contributed by atoms with Crippen LogP contribution in [-0.4, -0.2) is 9.78 Å². The summed E-state index contributed by atoms with van der Waals surface area (Å²) in [6.45, 7) is 6.55. The van der Waals surface area contributed by atoms with Crippen molar-refractivity contribution in [2.24, 2.45) is 5.92 Å². The van der Waals surface area contributed by atoms with E-state index in [0.29, 0.717) is 12.0 Å². The van der Waals surface area contributed by atoms with Crippen LogP contribution in [0.5, 0.6) is 0 Å². The van der Waals surface area contributed by atoms with Crippen LogP contribution in [0, 0.1) is 5.92 Å². The van der Waals surface area contributed by atoms with Crippen molar-refractivity contribution in [1.29, 1.82) is 0 Å². The maximum absolute atomic E-state index is 5.72. The van der Waals surface area contributed by atoms with E-state index in [1.807, 2.05) is 10.7 Å². The van der Waals surface area contributed by atoms with E-state index in [2.05, 4.69) is 25.9 Å². The fourth-order valence-corrected chi connectivity index (χ4v) is 1.47. The Balaban J connectivity index is 2.65. The fraction of sp³-hybridized carbons (Fsp3) is 0.667. The molecule has 1 unspecified atom stereocenters. The Morgan fingerprint density at radius 1 is 1.50 bits per heavy atom. The SMILES string of the molecule is CC(C)CC(C)n1nccc1N. The molecule has 0 aliphatic carbocycles. The van der Waals surface area contributed by atoms with E-state index >= 15 is 0 Å². The predicted molar refractivity (Wildman–Crippen MR) is 50.8 cm³/mol. The molecule has 0 bridgehead atoms. The molecule has 1 rings (SSSR count). The van der Waals surface area contributed by atoms with Crippen LogP contribution in [0.15, 0.2) is 12.3 Å². The summed E-state index contributed by atoms with van der Waals surface area (Å²) >= 11 is 0. The molecule has 0 aromatic carbocycles. The first kappa shape index (κ1) is 9.10. The molecule has 2 N–H and O–H groups in total. The van der Waals surface area contributed by atoms with Crippen molar-refractivity contribution in [2.45, 2.75) is 33.2 Å². The van der Waals surface area contributed by atoms with E-state index in [1.54, 1.807) is 6.20 Å². The number of rotatable bonds is 3. The highest BCUT2D eigenvalue weighted by Gasteiger charge is 2.09. The third-order valence-electron chi connectivity index (χ3n) is 1.93. The molecule has 0 amide bonds. The molecule has 68 valence electrons. The lowest BCUT2D eigenvalue weighted by Gasteiger charge is -2.15. The van der Waals surface area contributed by atoms with Gasteiger partial charge in [0.15, 0.2) is 0 Å². The normalized spacial score (nSPS) is 13.7. The number of nitrogens with two attached hydrogens (primary N) is 1. The minimum Gasteiger partial charge on any atom is -0.384 e. The second-order valence-corrected chi connectivity index (χ2v) is 3.68. The Labute approximate surface area is 73.6 Å². The van der Waals surface area contributed by atoms with Gasteiger partial charge in [-0.3, -0.25) is 0 Å². The average molecular weight is 167 g/mol. The zero-order valence-corrected chi connectivity index (χ0v) is 7.99. The molecule has 0 saturated heterocycles. The highest BCUT2D eigenvalue weighted by Crippen LogP contribution is 2.18. The Bertz CT molecular complexity index is 240. The van der Waals surface area contributed by atoms with E-state index in [0.717, 1.165) is 12.2 Å². The minimum atomic E-state index is 0.403. The molecule has 0 aliphatic heterocycles. The third kappa shape index (κ3) is 2.00. The predicted octanol–water partition coefficient (Wildman–Crippen LogP) is 2.07. The smallest absolute Gasteiger partial charge is 0.121 e. The van der Waals surface area contributed by atoms with Gasteiger partial charge in [0.05, 0.1) is 12.2 Å². The van der Waals surface area contributed by atoms with Gasteiger partial charge < -0.3 is 5.73 Å². The second-order valence-electron chi connectivity index (χ2n) is 3.68. The number of nitrogens with zero attached hydrogens (tertiary/aromatic N) is 2. The number of aromatic nitrogens is 2. The average Bonchev–Trinajstić information content (AvgIpc) is 2.33. The van der Waals surface area contributed by atoms with Gasteiger partial charge in [0, 0.05) is 0 Å². The molecular weight excluding hydrogens is 150 g/mol. The van der Waals surface area contributed by atoms with Crippen molar-refractivity contribution in [3.8, 4) is 0 Å². The van der Waals surface area contributed by atoms with Gasteiger partial charge in [-0.25, -0.2) is 4.68 Å². The summed E-state index contributed by atoms with van der Waals surface area (Å²) < 4.78 is 1.88. The summed E-state index contributed by atoms with van der Waals surface area (Å²) in [6, 6.07) is 2.23. The van der Waals surface area contributed by atoms with Gasteiger partial charge in [-0.15, -0.1) is 0 Å². The summed E-state index contributed by atoms with van der Waals surface area (Å²) in [7, 11) is 0. The zero-order chi connectivity index (χ0) is 9.14. The zero-order valence-electron chi connectivity index (χ0n) is 7.99. The molecule has 0 aliphatic rings. The Morgan fingerprint density at radius 2 is 2.17 bits per heavy atom. The van der Waals surface area contributed by atoms with Crippen LogP contribution < -0.4 is 5.73 Å². The monoisotopic (exact) mass is 167 g/mol. The number of anilines is 1. The fourth-order valence-electron chi connectivity index (χ4n) is 1.47. The van der Waals surface area contributed by atoms with E-state index in [1.165, 1.54) is 0 Å². The molecule has 12 heavy (non-hydrogen) atoms. The molecule has 3 nitrogen and oxygen atoms in total. The lowest BCUT2D eigenvalue weighted by atomic mass is 10.1. The number of nitrogen functional groups attached to an aromatic ring is 1. The third-order valence-corrected chi connectivity index (χ3v) is 1.93. The summed E-state index contributed by atoms with van der Waals surface area (Å²) in [5.41, 5.74) is 5.72. The Kier molecular flexibility index (Phi) is 2.74. The largest absolute Gasteiger partial charge is 0.384 e. The van der Waals surface area contributed by atoms with Crippen LogP contribution in [0.3, 0.4) is 0 Å². The molecule has 1 heterocycles. The van der Waals surface area contributed by atoms with Crippen LogP contribution in [0.4, 0.5) is 5.82 Å². The Hall–Kier alpha value is -0.990. The number of hydrogen-bond acceptors (Lipinski definition) is 2. The maximum atomic E-state index is 5.72. The molecular formula is C9H17N3. The van der Waals surface area contributed by atoms with Crippen molar-refractivity contribution in [3.05, 3.63) is 12.3 Å². The van der Waals surface area contributed by atoms with Crippen molar-refractivity contribution >= 4 is 5.82 Å². The van der Waals surface area contributed by atoms with E-state index in [-0.39, 0.29) is 0 Å². The maximum Gasteiger partial charge on any atom is 0.121 e. The van der Waals surface area contributed by atoms with Crippen LogP contribution >= 0.6 is 0 Å². The molecule has 0 spiro atoms. The van der Waals surface area contributed by atoms with Crippen LogP contribution in [0.1, 0.15) is 33.2 Å². The molecule has 1 atom stereocenters. The Morgan fingerprint density at radius 3 is 2.58 bits per heavy atom. The van der Waals surface area contributed by atoms with Gasteiger partial charge in [-0.1, -0.05) is 13.8 Å². The van der Waals surface area contributed by atoms with Gasteiger partial charge in [0.1, 0.15) is 5.82 Å². The van der Waals surface area contributed by atoms with Gasteiger partial charge in [0.2, 0.25) is 0 Å². The van der Waals surface area contributed by atoms with E-state index < -0.39 is 0 Å². The standard InChI is InChI=1S/C9H17N3/c1-7(2)6-8(3)12-9(10)4-5-11-12/h4-5,7-8H,6,10H2,1-3H3. The van der Waals surface area contributed by atoms with Crippen molar-refractivity contribution < 1.29 is 0 Å². The highest BCUT2D eigenvalue weighted by molar-refractivity contribution is 5.26. The quantitative estimate of drug-likeness (QED) is 0.749. The lowest BCUT2D eigenvalue weighted by Crippen LogP contribution is -2.11. The second kappa shape index (κ2) is 3.61. The van der Waals surface area contributed by atoms with Crippen LogP contribution in [-0.2, 0) is 0 Å². The molecule has 0 fully saturated rings. The summed E-state index contributed by atoms with van der Waals surface area (Å²) in [5.74, 6) is 1.44. The first-order valence-corrected chi connectivity index (χ1v) is 4.40. The molecule has 0 saturated carbocycles. The molecule has 3 heteroatoms. The summed E-state index contributed by atoms with van der Waals surface area (Å²) in [4.78, 5) is 0. The lowest BCUT2D eigenvalue weighted by molar-refractivity contribution is 0.402. The summed E-state index contributed by atoms with van der Waals surface area (Å²) in [5, 5.41) is 4.16. The highest BCUT2D eigenvalue weighted by atomic mass is 15.3. The molecule has 1 aromatic rings. The van der Waals surface area contributed by atoms with Crippen LogP contribution in [0.25, 0.3) is 0 Å². The van der Waals surface area contributed by atoms with Crippen molar-refractivity contribution in [3.63, 3.8) is 0 Å².